The highest BCUT2D eigenvalue weighted by atomic mass is 79.9. The second-order valence-corrected chi connectivity index (χ2v) is 6.72. The van der Waals surface area contributed by atoms with Crippen molar-refractivity contribution in [2.24, 2.45) is 0 Å². The minimum absolute atomic E-state index is 0.0296. The number of carbonyl (C=O) groups is 2. The minimum Gasteiger partial charge on any atom is -0.352 e. The number of nitrogens with one attached hydrogen (secondary N) is 2. The van der Waals surface area contributed by atoms with Crippen LogP contribution in [0.3, 0.4) is 0 Å². The molecule has 0 aliphatic heterocycles. The van der Waals surface area contributed by atoms with Crippen molar-refractivity contribution in [3.05, 3.63) is 34.3 Å². The Morgan fingerprint density at radius 1 is 1.09 bits per heavy atom. The van der Waals surface area contributed by atoms with Crippen LogP contribution in [0, 0.1) is 0 Å². The topological polar surface area (TPSA) is 58.2 Å². The van der Waals surface area contributed by atoms with Crippen molar-refractivity contribution in [3.63, 3.8) is 0 Å². The lowest BCUT2D eigenvalue weighted by atomic mass is 9.97. The Labute approximate surface area is 140 Å². The number of rotatable bonds is 4. The zero-order chi connectivity index (χ0) is 15.8. The lowest BCUT2D eigenvalue weighted by molar-refractivity contribution is -0.120. The van der Waals surface area contributed by atoms with Crippen molar-refractivity contribution in [3.8, 4) is 0 Å². The molecule has 0 spiro atoms. The van der Waals surface area contributed by atoms with E-state index in [0.717, 1.165) is 17.3 Å². The molecule has 1 aromatic carbocycles. The summed E-state index contributed by atoms with van der Waals surface area (Å²) in [5, 5.41) is 5.71. The normalized spacial score (nSPS) is 16.4. The Morgan fingerprint density at radius 2 is 1.77 bits per heavy atom. The van der Waals surface area contributed by atoms with E-state index >= 15 is 0 Å². The average Bonchev–Trinajstić information content (AvgIpc) is 2.47. The number of hydrogen-bond acceptors (Lipinski definition) is 2. The molecule has 0 heterocycles. The SMILES string of the molecule is O=C(CNC(=O)c1cccc(Br)c1)NC1CCCCCCC1. The van der Waals surface area contributed by atoms with Crippen LogP contribution in [0.1, 0.15) is 55.3 Å². The van der Waals surface area contributed by atoms with Gasteiger partial charge in [-0.05, 0) is 31.0 Å². The number of halogens is 1. The van der Waals surface area contributed by atoms with E-state index in [9.17, 15) is 9.59 Å². The molecule has 2 N–H and O–H groups in total. The van der Waals surface area contributed by atoms with Gasteiger partial charge in [0.25, 0.3) is 5.91 Å². The second-order valence-electron chi connectivity index (χ2n) is 5.80. The zero-order valence-electron chi connectivity index (χ0n) is 12.7. The fourth-order valence-corrected chi connectivity index (χ4v) is 3.17. The molecule has 1 aliphatic rings. The molecule has 0 unspecified atom stereocenters. The molecule has 2 rings (SSSR count). The molecule has 0 aromatic heterocycles. The molecule has 0 bridgehead atoms. The second kappa shape index (κ2) is 8.93. The van der Waals surface area contributed by atoms with E-state index in [1.165, 1.54) is 32.1 Å². The fourth-order valence-electron chi connectivity index (χ4n) is 2.77. The van der Waals surface area contributed by atoms with Crippen LogP contribution in [0.2, 0.25) is 0 Å². The van der Waals surface area contributed by atoms with Gasteiger partial charge in [0.2, 0.25) is 5.91 Å². The largest absolute Gasteiger partial charge is 0.352 e. The van der Waals surface area contributed by atoms with Crippen LogP contribution in [-0.2, 0) is 4.79 Å². The molecule has 1 fully saturated rings. The van der Waals surface area contributed by atoms with Crippen LogP contribution in [-0.4, -0.2) is 24.4 Å². The Morgan fingerprint density at radius 3 is 2.45 bits per heavy atom. The van der Waals surface area contributed by atoms with Gasteiger partial charge in [-0.2, -0.15) is 0 Å². The van der Waals surface area contributed by atoms with Crippen molar-refractivity contribution >= 4 is 27.7 Å². The quantitative estimate of drug-likeness (QED) is 0.857. The molecule has 22 heavy (non-hydrogen) atoms. The first kappa shape index (κ1) is 17.0. The molecule has 0 saturated heterocycles. The smallest absolute Gasteiger partial charge is 0.251 e. The van der Waals surface area contributed by atoms with Gasteiger partial charge < -0.3 is 10.6 Å². The monoisotopic (exact) mass is 366 g/mol. The van der Waals surface area contributed by atoms with Gasteiger partial charge in [-0.3, -0.25) is 9.59 Å². The van der Waals surface area contributed by atoms with Crippen molar-refractivity contribution in [2.75, 3.05) is 6.54 Å². The van der Waals surface area contributed by atoms with E-state index in [1.54, 1.807) is 18.2 Å². The van der Waals surface area contributed by atoms with Gasteiger partial charge in [-0.25, -0.2) is 0 Å². The highest BCUT2D eigenvalue weighted by molar-refractivity contribution is 9.10. The molecule has 4 nitrogen and oxygen atoms in total. The van der Waals surface area contributed by atoms with Gasteiger partial charge in [0.05, 0.1) is 6.54 Å². The van der Waals surface area contributed by atoms with Crippen LogP contribution in [0.4, 0.5) is 0 Å². The molecular formula is C17H23BrN2O2. The molecule has 0 radical (unpaired) electrons. The first-order valence-electron chi connectivity index (χ1n) is 7.98. The van der Waals surface area contributed by atoms with Gasteiger partial charge in [0.1, 0.15) is 0 Å². The molecule has 1 aliphatic carbocycles. The van der Waals surface area contributed by atoms with Crippen LogP contribution in [0.15, 0.2) is 28.7 Å². The fraction of sp³-hybridized carbons (Fsp3) is 0.529. The van der Waals surface area contributed by atoms with Crippen molar-refractivity contribution in [1.82, 2.24) is 10.6 Å². The van der Waals surface area contributed by atoms with Gasteiger partial charge in [-0.1, -0.05) is 54.1 Å². The Bertz CT molecular complexity index is 511. The van der Waals surface area contributed by atoms with Gasteiger partial charge in [0, 0.05) is 16.1 Å². The highest BCUT2D eigenvalue weighted by Gasteiger charge is 2.14. The third-order valence-corrected chi connectivity index (χ3v) is 4.46. The van der Waals surface area contributed by atoms with E-state index < -0.39 is 0 Å². The summed E-state index contributed by atoms with van der Waals surface area (Å²) in [5.41, 5.74) is 0.549. The molecular weight excluding hydrogens is 344 g/mol. The first-order valence-corrected chi connectivity index (χ1v) is 8.77. The Balaban J connectivity index is 1.75. The maximum Gasteiger partial charge on any atom is 0.251 e. The molecule has 0 atom stereocenters. The summed E-state index contributed by atoms with van der Waals surface area (Å²) in [7, 11) is 0. The Kier molecular flexibility index (Phi) is 6.90. The molecule has 2 amide bonds. The van der Waals surface area contributed by atoms with Gasteiger partial charge in [-0.15, -0.1) is 0 Å². The summed E-state index contributed by atoms with van der Waals surface area (Å²) in [4.78, 5) is 24.0. The highest BCUT2D eigenvalue weighted by Crippen LogP contribution is 2.17. The summed E-state index contributed by atoms with van der Waals surface area (Å²) in [5.74, 6) is -0.331. The third-order valence-electron chi connectivity index (χ3n) is 3.97. The molecule has 5 heteroatoms. The number of amides is 2. The predicted molar refractivity (Wildman–Crippen MR) is 90.7 cm³/mol. The third kappa shape index (κ3) is 5.79. The maximum atomic E-state index is 12.0. The van der Waals surface area contributed by atoms with E-state index in [-0.39, 0.29) is 24.4 Å². The van der Waals surface area contributed by atoms with E-state index in [0.29, 0.717) is 5.56 Å². The van der Waals surface area contributed by atoms with Gasteiger partial charge in [0.15, 0.2) is 0 Å². The van der Waals surface area contributed by atoms with Crippen molar-refractivity contribution in [1.29, 1.82) is 0 Å². The van der Waals surface area contributed by atoms with Crippen LogP contribution in [0.5, 0.6) is 0 Å². The lowest BCUT2D eigenvalue weighted by Crippen LogP contribution is -2.42. The van der Waals surface area contributed by atoms with Gasteiger partial charge >= 0.3 is 0 Å². The summed E-state index contributed by atoms with van der Waals surface area (Å²) in [6.07, 6.45) is 8.27. The summed E-state index contributed by atoms with van der Waals surface area (Å²) >= 11 is 3.33. The van der Waals surface area contributed by atoms with Crippen LogP contribution < -0.4 is 10.6 Å². The zero-order valence-corrected chi connectivity index (χ0v) is 14.3. The number of hydrogen-bond donors (Lipinski definition) is 2. The van der Waals surface area contributed by atoms with Crippen LogP contribution in [0.25, 0.3) is 0 Å². The van der Waals surface area contributed by atoms with E-state index in [4.69, 9.17) is 0 Å². The van der Waals surface area contributed by atoms with E-state index in [2.05, 4.69) is 26.6 Å². The predicted octanol–water partition coefficient (Wildman–Crippen LogP) is 3.41. The standard InChI is InChI=1S/C17H23BrN2O2/c18-14-8-6-7-13(11-14)17(22)19-12-16(21)20-15-9-4-2-1-3-5-10-15/h6-8,11,15H,1-5,9-10,12H2,(H,19,22)(H,20,21). The summed E-state index contributed by atoms with van der Waals surface area (Å²) < 4.78 is 0.846. The number of benzene rings is 1. The summed E-state index contributed by atoms with van der Waals surface area (Å²) in [6.45, 7) is 0.0296. The summed E-state index contributed by atoms with van der Waals surface area (Å²) in [6, 6.07) is 7.39. The average molecular weight is 367 g/mol. The van der Waals surface area contributed by atoms with Crippen molar-refractivity contribution < 1.29 is 9.59 Å². The molecule has 120 valence electrons. The maximum absolute atomic E-state index is 12.0. The van der Waals surface area contributed by atoms with E-state index in [1.807, 2.05) is 6.07 Å². The Hall–Kier alpha value is -1.36. The first-order chi connectivity index (χ1) is 10.6. The van der Waals surface area contributed by atoms with Crippen LogP contribution >= 0.6 is 15.9 Å². The molecule has 1 aromatic rings. The minimum atomic E-state index is -0.228. The van der Waals surface area contributed by atoms with Crippen molar-refractivity contribution in [2.45, 2.75) is 51.0 Å². The molecule has 1 saturated carbocycles. The lowest BCUT2D eigenvalue weighted by Gasteiger charge is -2.21. The number of carbonyl (C=O) groups excluding carboxylic acids is 2.